The van der Waals surface area contributed by atoms with Crippen molar-refractivity contribution in [3.05, 3.63) is 43.0 Å². The summed E-state index contributed by atoms with van der Waals surface area (Å²) in [6.07, 6.45) is 1.01. The first-order valence-electron chi connectivity index (χ1n) is 4.63. The maximum Gasteiger partial charge on any atom is 0.337 e. The van der Waals surface area contributed by atoms with Crippen LogP contribution in [0.15, 0.2) is 43.0 Å². The second kappa shape index (κ2) is 4.02. The molecular weight excluding hydrogens is 206 g/mol. The van der Waals surface area contributed by atoms with Crippen LogP contribution in [0.2, 0.25) is 0 Å². The van der Waals surface area contributed by atoms with Crippen molar-refractivity contribution in [3.8, 4) is 11.6 Å². The monoisotopic (exact) mass is 215 g/mol. The number of pyridine rings is 1. The molecule has 80 valence electrons. The molecule has 4 nitrogen and oxygen atoms in total. The van der Waals surface area contributed by atoms with Crippen molar-refractivity contribution in [2.75, 3.05) is 0 Å². The normalized spacial score (nSPS) is 10.0. The van der Waals surface area contributed by atoms with Crippen LogP contribution in [0.25, 0.3) is 10.9 Å². The van der Waals surface area contributed by atoms with Crippen LogP contribution in [0.3, 0.4) is 0 Å². The average molecular weight is 215 g/mol. The Kier molecular flexibility index (Phi) is 2.55. The van der Waals surface area contributed by atoms with Crippen molar-refractivity contribution in [2.45, 2.75) is 0 Å². The number of aromatic nitrogens is 1. The van der Waals surface area contributed by atoms with E-state index in [1.165, 1.54) is 6.07 Å². The van der Waals surface area contributed by atoms with Gasteiger partial charge in [0, 0.05) is 11.5 Å². The van der Waals surface area contributed by atoms with Crippen LogP contribution in [0.1, 0.15) is 0 Å². The van der Waals surface area contributed by atoms with Gasteiger partial charge in [0.1, 0.15) is 0 Å². The van der Waals surface area contributed by atoms with E-state index < -0.39 is 5.97 Å². The molecule has 0 radical (unpaired) electrons. The lowest BCUT2D eigenvalue weighted by Gasteiger charge is -2.04. The molecule has 0 saturated heterocycles. The van der Waals surface area contributed by atoms with Crippen molar-refractivity contribution in [3.63, 3.8) is 0 Å². The van der Waals surface area contributed by atoms with Gasteiger partial charge in [-0.1, -0.05) is 24.8 Å². The lowest BCUT2D eigenvalue weighted by Crippen LogP contribution is -2.04. The fraction of sp³-hybridized carbons (Fsp3) is 0. The first-order chi connectivity index (χ1) is 7.70. The Bertz CT molecular complexity index is 563. The lowest BCUT2D eigenvalue weighted by atomic mass is 10.2. The third-order valence-corrected chi connectivity index (χ3v) is 2.03. The van der Waals surface area contributed by atoms with Crippen LogP contribution in [-0.2, 0) is 4.79 Å². The molecule has 0 aliphatic carbocycles. The van der Waals surface area contributed by atoms with Gasteiger partial charge in [-0.3, -0.25) is 0 Å². The Morgan fingerprint density at radius 1 is 1.44 bits per heavy atom. The van der Waals surface area contributed by atoms with E-state index >= 15 is 0 Å². The Labute approximate surface area is 91.8 Å². The fourth-order valence-corrected chi connectivity index (χ4v) is 1.30. The third kappa shape index (κ3) is 1.86. The van der Waals surface area contributed by atoms with E-state index in [9.17, 15) is 9.90 Å². The summed E-state index contributed by atoms with van der Waals surface area (Å²) in [5.41, 5.74) is 0.646. The highest BCUT2D eigenvalue weighted by Crippen LogP contribution is 2.27. The number of fused-ring (bicyclic) bond motifs is 1. The van der Waals surface area contributed by atoms with Gasteiger partial charge in [0.05, 0.1) is 5.52 Å². The SMILES string of the molecule is C=CC(=O)Oc1nc2ccccc2cc1O. The number of hydrogen-bond acceptors (Lipinski definition) is 4. The van der Waals surface area contributed by atoms with Crippen LogP contribution in [0.4, 0.5) is 0 Å². The smallest absolute Gasteiger partial charge is 0.337 e. The number of hydrogen-bond donors (Lipinski definition) is 1. The number of nitrogens with zero attached hydrogens (tertiary/aromatic N) is 1. The molecule has 0 fully saturated rings. The summed E-state index contributed by atoms with van der Waals surface area (Å²) in [7, 11) is 0. The molecule has 0 saturated carbocycles. The predicted octanol–water partition coefficient (Wildman–Crippen LogP) is 2.03. The highest BCUT2D eigenvalue weighted by molar-refractivity contribution is 5.85. The molecule has 2 aromatic rings. The standard InChI is InChI=1S/C12H9NO3/c1-2-11(15)16-12-10(14)7-8-5-3-4-6-9(8)13-12/h2-7,14H,1H2. The van der Waals surface area contributed by atoms with E-state index in [1.807, 2.05) is 12.1 Å². The van der Waals surface area contributed by atoms with E-state index in [2.05, 4.69) is 11.6 Å². The molecule has 0 amide bonds. The molecule has 16 heavy (non-hydrogen) atoms. The molecule has 1 heterocycles. The molecule has 0 unspecified atom stereocenters. The van der Waals surface area contributed by atoms with Crippen molar-refractivity contribution >= 4 is 16.9 Å². The van der Waals surface area contributed by atoms with Gasteiger partial charge in [0.25, 0.3) is 5.88 Å². The quantitative estimate of drug-likeness (QED) is 0.615. The van der Waals surface area contributed by atoms with E-state index in [1.54, 1.807) is 12.1 Å². The van der Waals surface area contributed by atoms with E-state index in [0.29, 0.717) is 5.52 Å². The van der Waals surface area contributed by atoms with Crippen LogP contribution in [0.5, 0.6) is 11.6 Å². The van der Waals surface area contributed by atoms with Gasteiger partial charge in [-0.2, -0.15) is 0 Å². The van der Waals surface area contributed by atoms with Gasteiger partial charge in [0.15, 0.2) is 5.75 Å². The first-order valence-corrected chi connectivity index (χ1v) is 4.63. The number of para-hydroxylation sites is 1. The van der Waals surface area contributed by atoms with Gasteiger partial charge in [-0.25, -0.2) is 9.78 Å². The van der Waals surface area contributed by atoms with Gasteiger partial charge >= 0.3 is 5.97 Å². The number of benzene rings is 1. The molecule has 1 aromatic heterocycles. The molecule has 0 spiro atoms. The highest BCUT2D eigenvalue weighted by Gasteiger charge is 2.09. The summed E-state index contributed by atoms with van der Waals surface area (Å²) in [5, 5.41) is 10.4. The van der Waals surface area contributed by atoms with Crippen molar-refractivity contribution in [1.82, 2.24) is 4.98 Å². The zero-order valence-electron chi connectivity index (χ0n) is 8.38. The van der Waals surface area contributed by atoms with Gasteiger partial charge < -0.3 is 9.84 Å². The van der Waals surface area contributed by atoms with Crippen LogP contribution < -0.4 is 4.74 Å². The number of rotatable bonds is 2. The number of carbonyl (C=O) groups is 1. The minimum atomic E-state index is -0.655. The molecular formula is C12H9NO3. The predicted molar refractivity (Wildman–Crippen MR) is 59.2 cm³/mol. The van der Waals surface area contributed by atoms with Gasteiger partial charge in [0.2, 0.25) is 0 Å². The Morgan fingerprint density at radius 3 is 2.94 bits per heavy atom. The second-order valence-electron chi connectivity index (χ2n) is 3.13. The summed E-state index contributed by atoms with van der Waals surface area (Å²) in [5.74, 6) is -0.935. The summed E-state index contributed by atoms with van der Waals surface area (Å²) in [4.78, 5) is 15.0. The zero-order chi connectivity index (χ0) is 11.5. The zero-order valence-corrected chi connectivity index (χ0v) is 8.38. The first kappa shape index (κ1) is 10.2. The summed E-state index contributed by atoms with van der Waals surface area (Å²) >= 11 is 0. The lowest BCUT2D eigenvalue weighted by molar-refractivity contribution is -0.129. The minimum Gasteiger partial charge on any atom is -0.503 e. The number of esters is 1. The maximum absolute atomic E-state index is 11.0. The molecule has 0 bridgehead atoms. The molecule has 1 N–H and O–H groups in total. The maximum atomic E-state index is 11.0. The second-order valence-corrected chi connectivity index (χ2v) is 3.13. The molecule has 2 rings (SSSR count). The van der Waals surface area contributed by atoms with E-state index in [4.69, 9.17) is 4.74 Å². The van der Waals surface area contributed by atoms with Crippen LogP contribution in [-0.4, -0.2) is 16.1 Å². The van der Waals surface area contributed by atoms with Crippen molar-refractivity contribution in [1.29, 1.82) is 0 Å². The molecule has 0 aliphatic heterocycles. The summed E-state index contributed by atoms with van der Waals surface area (Å²) < 4.78 is 4.78. The third-order valence-electron chi connectivity index (χ3n) is 2.03. The molecule has 1 aromatic carbocycles. The molecule has 4 heteroatoms. The Morgan fingerprint density at radius 2 is 2.19 bits per heavy atom. The summed E-state index contributed by atoms with van der Waals surface area (Å²) in [6.45, 7) is 3.26. The average Bonchev–Trinajstić information content (AvgIpc) is 2.30. The van der Waals surface area contributed by atoms with E-state index in [-0.39, 0.29) is 11.6 Å². The fourth-order valence-electron chi connectivity index (χ4n) is 1.30. The molecule has 0 atom stereocenters. The summed E-state index contributed by atoms with van der Waals surface area (Å²) in [6, 6.07) is 8.71. The van der Waals surface area contributed by atoms with Gasteiger partial charge in [-0.15, -0.1) is 0 Å². The Balaban J connectivity index is 2.49. The van der Waals surface area contributed by atoms with Crippen molar-refractivity contribution in [2.24, 2.45) is 0 Å². The van der Waals surface area contributed by atoms with Crippen LogP contribution >= 0.6 is 0 Å². The topological polar surface area (TPSA) is 59.4 Å². The van der Waals surface area contributed by atoms with E-state index in [0.717, 1.165) is 11.5 Å². The largest absolute Gasteiger partial charge is 0.503 e. The minimum absolute atomic E-state index is 0.108. The highest BCUT2D eigenvalue weighted by atomic mass is 16.5. The number of ether oxygens (including phenoxy) is 1. The Hall–Kier alpha value is -2.36. The van der Waals surface area contributed by atoms with Crippen molar-refractivity contribution < 1.29 is 14.6 Å². The number of carbonyl (C=O) groups excluding carboxylic acids is 1. The molecule has 0 aliphatic rings. The number of aromatic hydroxyl groups is 1. The van der Waals surface area contributed by atoms with Crippen LogP contribution in [0, 0.1) is 0 Å². The van der Waals surface area contributed by atoms with Gasteiger partial charge in [-0.05, 0) is 12.1 Å².